The largest absolute Gasteiger partial charge is 0.497 e. The Kier molecular flexibility index (Phi) is 5.62. The van der Waals surface area contributed by atoms with Crippen molar-refractivity contribution in [3.8, 4) is 5.75 Å². The van der Waals surface area contributed by atoms with Gasteiger partial charge in [-0.3, -0.25) is 20.2 Å². The zero-order valence-corrected chi connectivity index (χ0v) is 15.6. The molecule has 1 aliphatic rings. The molecule has 7 nitrogen and oxygen atoms in total. The van der Waals surface area contributed by atoms with Crippen LogP contribution in [0.3, 0.4) is 0 Å². The Balaban J connectivity index is 2.06. The van der Waals surface area contributed by atoms with Gasteiger partial charge in [0.25, 0.3) is 0 Å². The molecule has 0 unspecified atom stereocenters. The fourth-order valence-corrected chi connectivity index (χ4v) is 3.70. The van der Waals surface area contributed by atoms with E-state index < -0.39 is 30.0 Å². The molecule has 3 rings (SSSR count). The molecule has 0 aromatic heterocycles. The van der Waals surface area contributed by atoms with Crippen molar-refractivity contribution in [3.05, 3.63) is 74.8 Å². The highest BCUT2D eigenvalue weighted by atomic mass is 35.5. The van der Waals surface area contributed by atoms with Crippen LogP contribution in [0.1, 0.15) is 23.1 Å². The van der Waals surface area contributed by atoms with E-state index in [0.29, 0.717) is 21.9 Å². The van der Waals surface area contributed by atoms with Crippen LogP contribution in [0.4, 0.5) is 0 Å². The summed E-state index contributed by atoms with van der Waals surface area (Å²) in [6, 6.07) is 11.1. The molecular formula is C19H19ClN2O5. The van der Waals surface area contributed by atoms with Gasteiger partial charge in [-0.2, -0.15) is 0 Å². The maximum Gasteiger partial charge on any atom is 0.323 e. The predicted molar refractivity (Wildman–Crippen MR) is 99.7 cm³/mol. The highest BCUT2D eigenvalue weighted by Gasteiger charge is 2.54. The first-order chi connectivity index (χ1) is 13.0. The van der Waals surface area contributed by atoms with Crippen molar-refractivity contribution in [2.45, 2.75) is 24.0 Å². The highest BCUT2D eigenvalue weighted by molar-refractivity contribution is 6.30. The van der Waals surface area contributed by atoms with Crippen molar-refractivity contribution >= 4 is 17.6 Å². The standard InChI is InChI=1S/C19H19ClN2O5/c1-26-14-9-5-11(6-10-14)15-17(19(23)27-2)21-16(18(15)22(24)25)12-3-7-13(20)8-4-12/h3-10,15-18,21H,1-2H3/t15-,16-,17-,18+/m0/s1. The summed E-state index contributed by atoms with van der Waals surface area (Å²) in [5.74, 6) is -0.607. The number of benzene rings is 2. The average molecular weight is 391 g/mol. The summed E-state index contributed by atoms with van der Waals surface area (Å²) in [7, 11) is 2.81. The van der Waals surface area contributed by atoms with E-state index in [1.54, 1.807) is 55.6 Å². The molecule has 0 aliphatic carbocycles. The number of nitrogens with zero attached hydrogens (tertiary/aromatic N) is 1. The second-order valence-corrected chi connectivity index (χ2v) is 6.71. The zero-order valence-electron chi connectivity index (χ0n) is 14.8. The fourth-order valence-electron chi connectivity index (χ4n) is 3.57. The third kappa shape index (κ3) is 3.74. The van der Waals surface area contributed by atoms with Crippen LogP contribution >= 0.6 is 11.6 Å². The van der Waals surface area contributed by atoms with Gasteiger partial charge in [-0.15, -0.1) is 0 Å². The van der Waals surface area contributed by atoms with E-state index in [4.69, 9.17) is 21.1 Å². The van der Waals surface area contributed by atoms with Gasteiger partial charge in [0.2, 0.25) is 6.04 Å². The molecule has 1 aliphatic heterocycles. The number of rotatable bonds is 5. The van der Waals surface area contributed by atoms with Gasteiger partial charge in [-0.05, 0) is 35.4 Å². The van der Waals surface area contributed by atoms with Crippen molar-refractivity contribution < 1.29 is 19.2 Å². The fraction of sp³-hybridized carbons (Fsp3) is 0.316. The predicted octanol–water partition coefficient (Wildman–Crippen LogP) is 2.96. The number of esters is 1. The van der Waals surface area contributed by atoms with Crippen LogP contribution in [-0.4, -0.2) is 37.2 Å². The molecular weight excluding hydrogens is 372 g/mol. The van der Waals surface area contributed by atoms with Crippen molar-refractivity contribution in [1.29, 1.82) is 0 Å². The number of halogens is 1. The smallest absolute Gasteiger partial charge is 0.323 e. The van der Waals surface area contributed by atoms with Gasteiger partial charge in [0, 0.05) is 9.95 Å². The van der Waals surface area contributed by atoms with E-state index in [1.807, 2.05) is 0 Å². The van der Waals surface area contributed by atoms with E-state index in [1.165, 1.54) is 7.11 Å². The van der Waals surface area contributed by atoms with Crippen LogP contribution < -0.4 is 10.1 Å². The Morgan fingerprint density at radius 3 is 2.19 bits per heavy atom. The van der Waals surface area contributed by atoms with Crippen LogP contribution in [0.25, 0.3) is 0 Å². The number of methoxy groups -OCH3 is 2. The third-order valence-electron chi connectivity index (χ3n) is 4.86. The number of ether oxygens (including phenoxy) is 2. The first-order valence-corrected chi connectivity index (χ1v) is 8.71. The Bertz CT molecular complexity index is 825. The van der Waals surface area contributed by atoms with Gasteiger partial charge in [0.15, 0.2) is 0 Å². The second-order valence-electron chi connectivity index (χ2n) is 6.27. The van der Waals surface area contributed by atoms with Gasteiger partial charge in [-0.1, -0.05) is 35.9 Å². The molecule has 1 fully saturated rings. The van der Waals surface area contributed by atoms with Crippen molar-refractivity contribution in [2.75, 3.05) is 14.2 Å². The van der Waals surface area contributed by atoms with Crippen molar-refractivity contribution in [2.24, 2.45) is 0 Å². The molecule has 2 aromatic carbocycles. The number of nitrogens with one attached hydrogen (secondary N) is 1. The molecule has 0 radical (unpaired) electrons. The molecule has 0 saturated carbocycles. The summed E-state index contributed by atoms with van der Waals surface area (Å²) in [5, 5.41) is 15.6. The SMILES string of the molecule is COC(=O)[C@H]1N[C@@H](c2ccc(Cl)cc2)[C@H]([N+](=O)[O-])[C@H]1c1ccc(OC)cc1. The quantitative estimate of drug-likeness (QED) is 0.479. The zero-order chi connectivity index (χ0) is 19.6. The lowest BCUT2D eigenvalue weighted by molar-refractivity contribution is -0.527. The summed E-state index contributed by atoms with van der Waals surface area (Å²) >= 11 is 5.93. The molecule has 4 atom stereocenters. The summed E-state index contributed by atoms with van der Waals surface area (Å²) in [4.78, 5) is 24.0. The van der Waals surface area contributed by atoms with E-state index >= 15 is 0 Å². The maximum absolute atomic E-state index is 12.4. The molecule has 2 aromatic rings. The van der Waals surface area contributed by atoms with Gasteiger partial charge in [-0.25, -0.2) is 0 Å². The molecule has 27 heavy (non-hydrogen) atoms. The minimum atomic E-state index is -1.05. The van der Waals surface area contributed by atoms with Crippen LogP contribution in [-0.2, 0) is 9.53 Å². The lowest BCUT2D eigenvalue weighted by atomic mass is 9.85. The molecule has 0 spiro atoms. The number of hydrogen-bond donors (Lipinski definition) is 1. The summed E-state index contributed by atoms with van der Waals surface area (Å²) in [6.45, 7) is 0. The van der Waals surface area contributed by atoms with Crippen molar-refractivity contribution in [1.82, 2.24) is 5.32 Å². The first-order valence-electron chi connectivity index (χ1n) is 8.33. The van der Waals surface area contributed by atoms with E-state index in [0.717, 1.165) is 0 Å². The Hall–Kier alpha value is -2.64. The van der Waals surface area contributed by atoms with E-state index in [-0.39, 0.29) is 4.92 Å². The number of carbonyl (C=O) groups excluding carboxylic acids is 1. The first kappa shape index (κ1) is 19.1. The summed E-state index contributed by atoms with van der Waals surface area (Å²) in [6.07, 6.45) is 0. The summed E-state index contributed by atoms with van der Waals surface area (Å²) < 4.78 is 10.0. The highest BCUT2D eigenvalue weighted by Crippen LogP contribution is 2.41. The molecule has 1 heterocycles. The lowest BCUT2D eigenvalue weighted by Gasteiger charge is -2.19. The Labute approximate surface area is 161 Å². The minimum Gasteiger partial charge on any atom is -0.497 e. The Morgan fingerprint density at radius 1 is 1.07 bits per heavy atom. The summed E-state index contributed by atoms with van der Waals surface area (Å²) in [5.41, 5.74) is 1.35. The van der Waals surface area contributed by atoms with E-state index in [2.05, 4.69) is 5.32 Å². The number of carbonyl (C=O) groups is 1. The van der Waals surface area contributed by atoms with Crippen LogP contribution in [0.2, 0.25) is 5.02 Å². The number of hydrogen-bond acceptors (Lipinski definition) is 6. The molecule has 0 bridgehead atoms. The molecule has 0 amide bonds. The molecule has 142 valence electrons. The molecule has 8 heteroatoms. The lowest BCUT2D eigenvalue weighted by Crippen LogP contribution is -2.37. The van der Waals surface area contributed by atoms with Crippen LogP contribution in [0.5, 0.6) is 5.75 Å². The van der Waals surface area contributed by atoms with Crippen LogP contribution in [0, 0.1) is 10.1 Å². The van der Waals surface area contributed by atoms with Gasteiger partial charge in [0.1, 0.15) is 17.8 Å². The second kappa shape index (κ2) is 7.94. The van der Waals surface area contributed by atoms with Gasteiger partial charge >= 0.3 is 5.97 Å². The van der Waals surface area contributed by atoms with Gasteiger partial charge in [0.05, 0.1) is 20.1 Å². The third-order valence-corrected chi connectivity index (χ3v) is 5.11. The monoisotopic (exact) mass is 390 g/mol. The molecule has 1 N–H and O–H groups in total. The van der Waals surface area contributed by atoms with Gasteiger partial charge < -0.3 is 9.47 Å². The normalized spacial score (nSPS) is 24.4. The van der Waals surface area contributed by atoms with Crippen LogP contribution in [0.15, 0.2) is 48.5 Å². The Morgan fingerprint density at radius 2 is 1.67 bits per heavy atom. The maximum atomic E-state index is 12.4. The van der Waals surface area contributed by atoms with Crippen molar-refractivity contribution in [3.63, 3.8) is 0 Å². The topological polar surface area (TPSA) is 90.7 Å². The van der Waals surface area contributed by atoms with E-state index in [9.17, 15) is 14.9 Å². The number of nitro groups is 1. The molecule has 1 saturated heterocycles. The minimum absolute atomic E-state index is 0.343. The average Bonchev–Trinajstić information content (AvgIpc) is 3.09.